The van der Waals surface area contributed by atoms with Crippen molar-refractivity contribution in [3.63, 3.8) is 0 Å². The molecule has 0 aromatic heterocycles. The van der Waals surface area contributed by atoms with E-state index in [1.807, 2.05) is 52.0 Å². The van der Waals surface area contributed by atoms with Crippen LogP contribution in [0.3, 0.4) is 0 Å². The topological polar surface area (TPSA) is 56.8 Å². The number of nitrogens with one attached hydrogen (secondary N) is 1. The summed E-state index contributed by atoms with van der Waals surface area (Å²) < 4.78 is 17.0. The fourth-order valence-corrected chi connectivity index (χ4v) is 3.01. The van der Waals surface area contributed by atoms with Gasteiger partial charge in [-0.1, -0.05) is 25.3 Å². The summed E-state index contributed by atoms with van der Waals surface area (Å²) in [6.07, 6.45) is 5.84. The highest BCUT2D eigenvalue weighted by Gasteiger charge is 2.16. The van der Waals surface area contributed by atoms with E-state index in [2.05, 4.69) is 5.32 Å². The van der Waals surface area contributed by atoms with Crippen molar-refractivity contribution in [2.75, 3.05) is 13.2 Å². The van der Waals surface area contributed by atoms with Gasteiger partial charge in [-0.05, 0) is 58.6 Å². The minimum Gasteiger partial charge on any atom is -0.493 e. The number of benzene rings is 1. The summed E-state index contributed by atoms with van der Waals surface area (Å²) in [6, 6.07) is 7.66. The number of rotatable bonds is 7. The van der Waals surface area contributed by atoms with Gasteiger partial charge in [-0.2, -0.15) is 0 Å². The summed E-state index contributed by atoms with van der Waals surface area (Å²) >= 11 is 0. The molecule has 0 spiro atoms. The van der Waals surface area contributed by atoms with Crippen LogP contribution in [0.25, 0.3) is 0 Å². The van der Waals surface area contributed by atoms with Crippen LogP contribution in [0.4, 0.5) is 4.79 Å². The molecule has 1 aliphatic rings. The highest BCUT2D eigenvalue weighted by molar-refractivity contribution is 5.68. The average Bonchev–Trinajstić information content (AvgIpc) is 2.58. The third-order valence-electron chi connectivity index (χ3n) is 4.28. The van der Waals surface area contributed by atoms with E-state index in [1.54, 1.807) is 0 Å². The molecule has 1 amide bonds. The summed E-state index contributed by atoms with van der Waals surface area (Å²) in [6.45, 7) is 8.57. The molecule has 1 aromatic carbocycles. The van der Waals surface area contributed by atoms with Crippen molar-refractivity contribution < 1.29 is 19.0 Å². The second-order valence-corrected chi connectivity index (χ2v) is 8.19. The van der Waals surface area contributed by atoms with E-state index in [4.69, 9.17) is 14.2 Å². The lowest BCUT2D eigenvalue weighted by Crippen LogP contribution is -2.41. The molecule has 1 aliphatic carbocycles. The van der Waals surface area contributed by atoms with Crippen molar-refractivity contribution in [3.05, 3.63) is 24.3 Å². The van der Waals surface area contributed by atoms with E-state index in [1.165, 1.54) is 32.1 Å². The molecule has 5 nitrogen and oxygen atoms in total. The molecule has 0 saturated heterocycles. The molecular weight excluding hydrogens is 330 g/mol. The lowest BCUT2D eigenvalue weighted by molar-refractivity contribution is 0.0855. The number of hydrogen-bond acceptors (Lipinski definition) is 4. The summed E-state index contributed by atoms with van der Waals surface area (Å²) in [4.78, 5) is 11.7. The van der Waals surface area contributed by atoms with Gasteiger partial charge in [0, 0.05) is 11.6 Å². The number of carbonyl (C=O) groups is 1. The molecular formula is C21H33NO4. The Balaban J connectivity index is 1.75. The molecule has 1 aromatic rings. The highest BCUT2D eigenvalue weighted by atomic mass is 16.6. The van der Waals surface area contributed by atoms with Gasteiger partial charge in [-0.3, -0.25) is 0 Å². The Bertz CT molecular complexity index is 561. The van der Waals surface area contributed by atoms with E-state index in [-0.39, 0.29) is 18.2 Å². The molecule has 2 rings (SSSR count). The number of carbonyl (C=O) groups excluding carboxylic acids is 1. The fourth-order valence-electron chi connectivity index (χ4n) is 3.01. The Kier molecular flexibility index (Phi) is 7.61. The van der Waals surface area contributed by atoms with Gasteiger partial charge in [0.2, 0.25) is 0 Å². The van der Waals surface area contributed by atoms with Crippen molar-refractivity contribution in [1.82, 2.24) is 5.32 Å². The van der Waals surface area contributed by atoms with Crippen molar-refractivity contribution in [1.29, 1.82) is 0 Å². The predicted octanol–water partition coefficient (Wildman–Crippen LogP) is 4.94. The zero-order valence-electron chi connectivity index (χ0n) is 16.5. The second-order valence-electron chi connectivity index (χ2n) is 8.19. The van der Waals surface area contributed by atoms with Gasteiger partial charge in [0.1, 0.15) is 24.2 Å². The molecule has 26 heavy (non-hydrogen) atoms. The van der Waals surface area contributed by atoms with Crippen molar-refractivity contribution in [3.8, 4) is 11.5 Å². The van der Waals surface area contributed by atoms with E-state index < -0.39 is 6.09 Å². The summed E-state index contributed by atoms with van der Waals surface area (Å²) in [7, 11) is 0. The smallest absolute Gasteiger partial charge is 0.407 e. The van der Waals surface area contributed by atoms with Gasteiger partial charge in [-0.15, -0.1) is 0 Å². The Hall–Kier alpha value is -1.91. The van der Waals surface area contributed by atoms with Crippen LogP contribution in [-0.4, -0.2) is 30.9 Å². The van der Waals surface area contributed by atoms with Crippen LogP contribution in [-0.2, 0) is 4.74 Å². The molecule has 0 aliphatic heterocycles. The van der Waals surface area contributed by atoms with Crippen LogP contribution < -0.4 is 14.8 Å². The molecule has 0 bridgehead atoms. The third kappa shape index (κ3) is 7.98. The van der Waals surface area contributed by atoms with E-state index in [0.29, 0.717) is 5.92 Å². The zero-order valence-corrected chi connectivity index (χ0v) is 16.5. The Morgan fingerprint density at radius 3 is 2.58 bits per heavy atom. The van der Waals surface area contributed by atoms with Gasteiger partial charge in [-0.25, -0.2) is 4.79 Å². The van der Waals surface area contributed by atoms with Crippen LogP contribution in [0.2, 0.25) is 0 Å². The quantitative estimate of drug-likeness (QED) is 0.745. The SMILES string of the molecule is C[C@@H](COC(=O)NC(C)(C)C)Oc1cccc(OCC2CCCCC2)c1. The molecule has 1 saturated carbocycles. The van der Waals surface area contributed by atoms with Crippen LogP contribution in [0.15, 0.2) is 24.3 Å². The first-order valence-corrected chi connectivity index (χ1v) is 9.66. The van der Waals surface area contributed by atoms with E-state index >= 15 is 0 Å². The van der Waals surface area contributed by atoms with E-state index in [9.17, 15) is 4.79 Å². The molecule has 0 heterocycles. The zero-order chi connectivity index (χ0) is 19.0. The number of alkyl carbamates (subject to hydrolysis) is 1. The normalized spacial score (nSPS) is 16.6. The maximum Gasteiger partial charge on any atom is 0.407 e. The lowest BCUT2D eigenvalue weighted by Gasteiger charge is -2.22. The second kappa shape index (κ2) is 9.70. The first kappa shape index (κ1) is 20.4. The Morgan fingerprint density at radius 1 is 1.19 bits per heavy atom. The van der Waals surface area contributed by atoms with Crippen LogP contribution in [0, 0.1) is 5.92 Å². The van der Waals surface area contributed by atoms with Crippen LogP contribution in [0.1, 0.15) is 59.8 Å². The summed E-state index contributed by atoms with van der Waals surface area (Å²) in [5, 5.41) is 2.76. The lowest BCUT2D eigenvalue weighted by atomic mass is 9.90. The standard InChI is InChI=1S/C21H33NO4/c1-16(14-25-20(23)22-21(2,3)4)26-19-12-8-11-18(13-19)24-15-17-9-6-5-7-10-17/h8,11-13,16-17H,5-7,9-10,14-15H2,1-4H3,(H,22,23)/t16-/m0/s1. The molecule has 1 atom stereocenters. The number of hydrogen-bond donors (Lipinski definition) is 1. The Morgan fingerprint density at radius 2 is 1.88 bits per heavy atom. The highest BCUT2D eigenvalue weighted by Crippen LogP contribution is 2.26. The summed E-state index contributed by atoms with van der Waals surface area (Å²) in [5.74, 6) is 2.21. The first-order valence-electron chi connectivity index (χ1n) is 9.66. The number of amides is 1. The predicted molar refractivity (Wildman–Crippen MR) is 103 cm³/mol. The summed E-state index contributed by atoms with van der Waals surface area (Å²) in [5.41, 5.74) is -0.314. The van der Waals surface area contributed by atoms with Crippen molar-refractivity contribution in [2.45, 2.75) is 71.4 Å². The number of ether oxygens (including phenoxy) is 3. The van der Waals surface area contributed by atoms with Crippen molar-refractivity contribution in [2.24, 2.45) is 5.92 Å². The van der Waals surface area contributed by atoms with Gasteiger partial charge >= 0.3 is 6.09 Å². The Labute approximate surface area is 157 Å². The molecule has 0 radical (unpaired) electrons. The van der Waals surface area contributed by atoms with Gasteiger partial charge in [0.25, 0.3) is 0 Å². The minimum absolute atomic E-state index is 0.190. The maximum absolute atomic E-state index is 11.7. The first-order chi connectivity index (χ1) is 12.3. The molecule has 5 heteroatoms. The van der Waals surface area contributed by atoms with Gasteiger partial charge in [0.15, 0.2) is 0 Å². The monoisotopic (exact) mass is 363 g/mol. The molecule has 146 valence electrons. The van der Waals surface area contributed by atoms with Gasteiger partial charge < -0.3 is 19.5 Å². The van der Waals surface area contributed by atoms with Gasteiger partial charge in [0.05, 0.1) is 6.61 Å². The molecule has 1 fully saturated rings. The van der Waals surface area contributed by atoms with Crippen molar-refractivity contribution >= 4 is 6.09 Å². The maximum atomic E-state index is 11.7. The minimum atomic E-state index is -0.433. The van der Waals surface area contributed by atoms with E-state index in [0.717, 1.165) is 18.1 Å². The third-order valence-corrected chi connectivity index (χ3v) is 4.28. The largest absolute Gasteiger partial charge is 0.493 e. The van der Waals surface area contributed by atoms with Crippen LogP contribution >= 0.6 is 0 Å². The van der Waals surface area contributed by atoms with Crippen LogP contribution in [0.5, 0.6) is 11.5 Å². The fraction of sp³-hybridized carbons (Fsp3) is 0.667. The molecule has 1 N–H and O–H groups in total. The molecule has 0 unspecified atom stereocenters. The average molecular weight is 363 g/mol.